The molecule has 2 aromatic rings. The van der Waals surface area contributed by atoms with Gasteiger partial charge in [-0.1, -0.05) is 0 Å². The van der Waals surface area contributed by atoms with Gasteiger partial charge in [-0.25, -0.2) is 8.42 Å². The number of hydrogen-bond acceptors (Lipinski definition) is 4. The van der Waals surface area contributed by atoms with Crippen LogP contribution in [-0.4, -0.2) is 37.1 Å². The number of nitrogens with zero attached hydrogens (tertiary/aromatic N) is 2. The number of phenolic OH excluding ortho intramolecular Hbond substituents is 1. The van der Waals surface area contributed by atoms with Gasteiger partial charge in [0.05, 0.1) is 10.6 Å². The van der Waals surface area contributed by atoms with E-state index in [9.17, 15) is 13.5 Å². The Morgan fingerprint density at radius 2 is 1.57 bits per heavy atom. The second-order valence-electron chi connectivity index (χ2n) is 5.45. The summed E-state index contributed by atoms with van der Waals surface area (Å²) in [4.78, 5) is 4.62. The van der Waals surface area contributed by atoms with Gasteiger partial charge in [-0.2, -0.15) is 4.31 Å². The number of benzene rings is 2. The van der Waals surface area contributed by atoms with E-state index in [1.165, 1.54) is 4.31 Å². The zero-order valence-electron chi connectivity index (χ0n) is 12.6. The van der Waals surface area contributed by atoms with Gasteiger partial charge in [0.1, 0.15) is 5.75 Å². The molecule has 0 unspecified atom stereocenters. The quantitative estimate of drug-likeness (QED) is 0.876. The van der Waals surface area contributed by atoms with Gasteiger partial charge in [0.25, 0.3) is 0 Å². The van der Waals surface area contributed by atoms with Crippen LogP contribution in [0.5, 0.6) is 5.75 Å². The highest BCUT2D eigenvalue weighted by Gasteiger charge is 2.26. The summed E-state index contributed by atoms with van der Waals surface area (Å²) in [5.74, 6) is 0.207. The van der Waals surface area contributed by atoms with Gasteiger partial charge in [-0.05, 0) is 66.9 Å². The molecule has 0 spiro atoms. The van der Waals surface area contributed by atoms with Crippen LogP contribution in [0.2, 0.25) is 0 Å². The van der Waals surface area contributed by atoms with E-state index >= 15 is 0 Å². The molecule has 1 fully saturated rings. The Bertz CT molecular complexity index is 791. The predicted molar refractivity (Wildman–Crippen MR) is 89.8 cm³/mol. The van der Waals surface area contributed by atoms with Crippen molar-refractivity contribution in [1.29, 1.82) is 0 Å². The van der Waals surface area contributed by atoms with E-state index < -0.39 is 10.0 Å². The number of rotatable bonds is 4. The van der Waals surface area contributed by atoms with E-state index in [4.69, 9.17) is 0 Å². The maximum absolute atomic E-state index is 12.4. The SMILES string of the molecule is O=S(=O)(c1ccc(N=Cc2ccc(O)cc2)cc1)N1CCCC1. The molecule has 2 aromatic carbocycles. The van der Waals surface area contributed by atoms with Gasteiger partial charge in [0, 0.05) is 19.3 Å². The van der Waals surface area contributed by atoms with Crippen molar-refractivity contribution in [3.8, 4) is 5.75 Å². The van der Waals surface area contributed by atoms with Crippen LogP contribution in [0.1, 0.15) is 18.4 Å². The van der Waals surface area contributed by atoms with Gasteiger partial charge in [0.2, 0.25) is 10.0 Å². The molecule has 1 heterocycles. The molecule has 0 radical (unpaired) electrons. The Balaban J connectivity index is 1.75. The van der Waals surface area contributed by atoms with Crippen molar-refractivity contribution in [3.63, 3.8) is 0 Å². The molecular weight excluding hydrogens is 312 g/mol. The van der Waals surface area contributed by atoms with Gasteiger partial charge >= 0.3 is 0 Å². The highest BCUT2D eigenvalue weighted by molar-refractivity contribution is 7.89. The lowest BCUT2D eigenvalue weighted by Crippen LogP contribution is -2.27. The summed E-state index contributed by atoms with van der Waals surface area (Å²) >= 11 is 0. The summed E-state index contributed by atoms with van der Waals surface area (Å²) in [5.41, 5.74) is 1.54. The largest absolute Gasteiger partial charge is 0.508 e. The topological polar surface area (TPSA) is 70.0 Å². The first-order valence-electron chi connectivity index (χ1n) is 7.49. The molecule has 1 aliphatic rings. The van der Waals surface area contributed by atoms with Crippen LogP contribution >= 0.6 is 0 Å². The summed E-state index contributed by atoms with van der Waals surface area (Å²) in [7, 11) is -3.37. The summed E-state index contributed by atoms with van der Waals surface area (Å²) < 4.78 is 26.4. The molecule has 23 heavy (non-hydrogen) atoms. The smallest absolute Gasteiger partial charge is 0.243 e. The van der Waals surface area contributed by atoms with Gasteiger partial charge in [-0.15, -0.1) is 0 Å². The Labute approximate surface area is 136 Å². The Kier molecular flexibility index (Phi) is 4.45. The zero-order chi connectivity index (χ0) is 16.3. The number of aromatic hydroxyl groups is 1. The van der Waals surface area contributed by atoms with E-state index in [2.05, 4.69) is 4.99 Å². The van der Waals surface area contributed by atoms with Crippen molar-refractivity contribution < 1.29 is 13.5 Å². The summed E-state index contributed by atoms with van der Waals surface area (Å²) in [6, 6.07) is 13.3. The maximum atomic E-state index is 12.4. The summed E-state index contributed by atoms with van der Waals surface area (Å²) in [6.07, 6.45) is 3.52. The van der Waals surface area contributed by atoms with Crippen LogP contribution in [0, 0.1) is 0 Å². The lowest BCUT2D eigenvalue weighted by molar-refractivity contribution is 0.475. The zero-order valence-corrected chi connectivity index (χ0v) is 13.4. The van der Waals surface area contributed by atoms with Crippen molar-refractivity contribution in [1.82, 2.24) is 4.31 Å². The highest BCUT2D eigenvalue weighted by atomic mass is 32.2. The molecule has 6 heteroatoms. The van der Waals surface area contributed by atoms with Gasteiger partial charge in [-0.3, -0.25) is 4.99 Å². The fourth-order valence-corrected chi connectivity index (χ4v) is 4.01. The van der Waals surface area contributed by atoms with E-state index in [1.54, 1.807) is 54.7 Å². The second-order valence-corrected chi connectivity index (χ2v) is 7.39. The fraction of sp³-hybridized carbons (Fsp3) is 0.235. The van der Waals surface area contributed by atoms with Crippen molar-refractivity contribution in [3.05, 3.63) is 54.1 Å². The molecule has 0 bridgehead atoms. The minimum absolute atomic E-state index is 0.207. The highest BCUT2D eigenvalue weighted by Crippen LogP contribution is 2.23. The average molecular weight is 330 g/mol. The first-order valence-corrected chi connectivity index (χ1v) is 8.93. The first-order chi connectivity index (χ1) is 11.1. The van der Waals surface area contributed by atoms with E-state index in [-0.39, 0.29) is 5.75 Å². The molecule has 1 N–H and O–H groups in total. The molecule has 120 valence electrons. The third kappa shape index (κ3) is 3.60. The number of hydrogen-bond donors (Lipinski definition) is 1. The molecule has 0 amide bonds. The summed E-state index contributed by atoms with van der Waals surface area (Å²) in [5, 5.41) is 9.23. The Morgan fingerprint density at radius 3 is 2.17 bits per heavy atom. The fourth-order valence-electron chi connectivity index (χ4n) is 2.49. The average Bonchev–Trinajstić information content (AvgIpc) is 3.10. The van der Waals surface area contributed by atoms with E-state index in [1.807, 2.05) is 0 Å². The van der Waals surface area contributed by atoms with Crippen LogP contribution in [0.3, 0.4) is 0 Å². The molecule has 0 aliphatic carbocycles. The Morgan fingerprint density at radius 1 is 0.957 bits per heavy atom. The number of sulfonamides is 1. The van der Waals surface area contributed by atoms with Crippen molar-refractivity contribution >= 4 is 21.9 Å². The van der Waals surface area contributed by atoms with Crippen LogP contribution in [0.15, 0.2) is 58.4 Å². The first kappa shape index (κ1) is 15.7. The molecule has 5 nitrogen and oxygen atoms in total. The van der Waals surface area contributed by atoms with Crippen molar-refractivity contribution in [2.75, 3.05) is 13.1 Å². The minimum Gasteiger partial charge on any atom is -0.508 e. The molecule has 0 saturated carbocycles. The number of phenols is 1. The second kappa shape index (κ2) is 6.52. The maximum Gasteiger partial charge on any atom is 0.243 e. The van der Waals surface area contributed by atoms with Crippen LogP contribution in [0.25, 0.3) is 0 Å². The standard InChI is InChI=1S/C17H18N2O3S/c20-16-7-3-14(4-8-16)13-18-15-5-9-17(10-6-15)23(21,22)19-11-1-2-12-19/h3-10,13,20H,1-2,11-12H2. The Hall–Kier alpha value is -2.18. The normalized spacial score (nSPS) is 16.2. The lowest BCUT2D eigenvalue weighted by atomic mass is 10.2. The molecule has 0 atom stereocenters. The molecular formula is C17H18N2O3S. The van der Waals surface area contributed by atoms with Gasteiger partial charge in [0.15, 0.2) is 0 Å². The molecule has 0 aromatic heterocycles. The van der Waals surface area contributed by atoms with Gasteiger partial charge < -0.3 is 5.11 Å². The molecule has 3 rings (SSSR count). The predicted octanol–water partition coefficient (Wildman–Crippen LogP) is 2.93. The van der Waals surface area contributed by atoms with Crippen LogP contribution < -0.4 is 0 Å². The summed E-state index contributed by atoms with van der Waals surface area (Å²) in [6.45, 7) is 1.20. The monoisotopic (exact) mass is 330 g/mol. The van der Waals surface area contributed by atoms with Crippen LogP contribution in [0.4, 0.5) is 5.69 Å². The molecule has 1 saturated heterocycles. The third-order valence-corrected chi connectivity index (χ3v) is 5.71. The molecule has 1 aliphatic heterocycles. The van der Waals surface area contributed by atoms with E-state index in [0.29, 0.717) is 23.7 Å². The van der Waals surface area contributed by atoms with Crippen molar-refractivity contribution in [2.45, 2.75) is 17.7 Å². The van der Waals surface area contributed by atoms with Crippen LogP contribution in [-0.2, 0) is 10.0 Å². The van der Waals surface area contributed by atoms with Crippen molar-refractivity contribution in [2.24, 2.45) is 4.99 Å². The van der Waals surface area contributed by atoms with E-state index in [0.717, 1.165) is 18.4 Å². The minimum atomic E-state index is -3.37. The number of aliphatic imine (C=N–C) groups is 1. The lowest BCUT2D eigenvalue weighted by Gasteiger charge is -2.15. The third-order valence-electron chi connectivity index (χ3n) is 3.80.